The van der Waals surface area contributed by atoms with Gasteiger partial charge in [-0.2, -0.15) is 0 Å². The minimum atomic E-state index is -0.167. The first-order valence-electron chi connectivity index (χ1n) is 8.23. The fourth-order valence-corrected chi connectivity index (χ4v) is 3.43. The Morgan fingerprint density at radius 2 is 2.05 bits per heavy atom. The number of carbonyl (C=O) groups is 1. The quantitative estimate of drug-likeness (QED) is 0.432. The van der Waals surface area contributed by atoms with Crippen LogP contribution in [0.1, 0.15) is 53.9 Å². The largest absolute Gasteiger partial charge is 0.353 e. The second-order valence-electron chi connectivity index (χ2n) is 7.10. The van der Waals surface area contributed by atoms with Crippen LogP contribution < -0.4 is 5.32 Å². The van der Waals surface area contributed by atoms with Crippen LogP contribution in [0, 0.1) is 0 Å². The number of nitrogens with zero attached hydrogens (tertiary/aromatic N) is 3. The molecule has 0 spiro atoms. The molecular weight excluding hydrogens is 391 g/mol. The third-order valence-corrected chi connectivity index (χ3v) is 4.39. The van der Waals surface area contributed by atoms with Crippen LogP contribution in [0.3, 0.4) is 0 Å². The monoisotopic (exact) mass is 422 g/mol. The van der Waals surface area contributed by atoms with Crippen molar-refractivity contribution < 1.29 is 4.79 Å². The van der Waals surface area contributed by atoms with Crippen LogP contribution in [-0.2, 0) is 4.79 Å². The maximum Gasteiger partial charge on any atom is 0.242 e. The Morgan fingerprint density at radius 3 is 2.45 bits per heavy atom. The Hall–Kier alpha value is -0.530. The molecule has 1 saturated carbocycles. The maximum atomic E-state index is 12.5. The van der Waals surface area contributed by atoms with Crippen LogP contribution in [0.25, 0.3) is 0 Å². The summed E-state index contributed by atoms with van der Waals surface area (Å²) in [5.74, 6) is 1.10. The van der Waals surface area contributed by atoms with E-state index in [2.05, 4.69) is 42.9 Å². The van der Waals surface area contributed by atoms with Crippen LogP contribution in [-0.4, -0.2) is 58.9 Å². The zero-order valence-corrected chi connectivity index (χ0v) is 16.9. The molecule has 0 aromatic rings. The minimum absolute atomic E-state index is 0. The number of piperazine rings is 1. The molecule has 1 aliphatic heterocycles. The summed E-state index contributed by atoms with van der Waals surface area (Å²) in [5, 5.41) is 3.53. The number of hydrogen-bond acceptors (Lipinski definition) is 2. The molecule has 0 aromatic carbocycles. The maximum absolute atomic E-state index is 12.5. The fraction of sp³-hybridized carbons (Fsp3) is 0.875. The van der Waals surface area contributed by atoms with E-state index in [1.54, 1.807) is 0 Å². The van der Waals surface area contributed by atoms with Crippen LogP contribution in [0.5, 0.6) is 0 Å². The van der Waals surface area contributed by atoms with E-state index in [-0.39, 0.29) is 41.5 Å². The van der Waals surface area contributed by atoms with E-state index >= 15 is 0 Å². The van der Waals surface area contributed by atoms with Crippen molar-refractivity contribution in [3.8, 4) is 0 Å². The van der Waals surface area contributed by atoms with Crippen LogP contribution in [0.15, 0.2) is 4.99 Å². The minimum Gasteiger partial charge on any atom is -0.353 e. The molecule has 22 heavy (non-hydrogen) atoms. The van der Waals surface area contributed by atoms with Gasteiger partial charge in [0.2, 0.25) is 5.91 Å². The van der Waals surface area contributed by atoms with Crippen molar-refractivity contribution in [3.63, 3.8) is 0 Å². The van der Waals surface area contributed by atoms with E-state index in [4.69, 9.17) is 0 Å². The highest BCUT2D eigenvalue weighted by molar-refractivity contribution is 14.0. The molecule has 6 heteroatoms. The van der Waals surface area contributed by atoms with Crippen molar-refractivity contribution in [2.45, 2.75) is 71.5 Å². The zero-order chi connectivity index (χ0) is 15.6. The van der Waals surface area contributed by atoms with E-state index in [9.17, 15) is 4.79 Å². The lowest BCUT2D eigenvalue weighted by Gasteiger charge is -2.50. The summed E-state index contributed by atoms with van der Waals surface area (Å²) in [6.45, 7) is 12.5. The summed E-state index contributed by atoms with van der Waals surface area (Å²) in [7, 11) is 0. The summed E-state index contributed by atoms with van der Waals surface area (Å²) in [5.41, 5.74) is -0.167. The normalized spacial score (nSPS) is 22.5. The summed E-state index contributed by atoms with van der Waals surface area (Å²) < 4.78 is 0. The molecule has 128 valence electrons. The first-order valence-corrected chi connectivity index (χ1v) is 8.23. The molecule has 1 aliphatic carbocycles. The summed E-state index contributed by atoms with van der Waals surface area (Å²) in [6, 6.07) is 0.775. The van der Waals surface area contributed by atoms with E-state index < -0.39 is 0 Å². The van der Waals surface area contributed by atoms with Crippen molar-refractivity contribution in [1.29, 1.82) is 0 Å². The lowest BCUT2D eigenvalue weighted by molar-refractivity contribution is -0.145. The number of guanidine groups is 1. The molecule has 1 heterocycles. The average molecular weight is 422 g/mol. The average Bonchev–Trinajstić information content (AvgIpc) is 2.29. The van der Waals surface area contributed by atoms with Gasteiger partial charge in [0, 0.05) is 25.2 Å². The lowest BCUT2D eigenvalue weighted by Crippen LogP contribution is -2.66. The summed E-state index contributed by atoms with van der Waals surface area (Å²) in [4.78, 5) is 21.3. The third-order valence-electron chi connectivity index (χ3n) is 4.39. The molecule has 2 rings (SSSR count). The first-order chi connectivity index (χ1) is 9.85. The van der Waals surface area contributed by atoms with Gasteiger partial charge in [0.05, 0.1) is 12.1 Å². The Labute approximate surface area is 151 Å². The van der Waals surface area contributed by atoms with Gasteiger partial charge in [-0.1, -0.05) is 0 Å². The van der Waals surface area contributed by atoms with Crippen molar-refractivity contribution in [1.82, 2.24) is 15.1 Å². The summed E-state index contributed by atoms with van der Waals surface area (Å²) >= 11 is 0. The Bertz CT molecular complexity index is 418. The smallest absolute Gasteiger partial charge is 0.242 e. The van der Waals surface area contributed by atoms with Gasteiger partial charge in [0.1, 0.15) is 0 Å². The van der Waals surface area contributed by atoms with E-state index in [0.29, 0.717) is 12.6 Å². The van der Waals surface area contributed by atoms with E-state index in [0.717, 1.165) is 19.0 Å². The zero-order valence-electron chi connectivity index (χ0n) is 14.6. The van der Waals surface area contributed by atoms with E-state index in [1.807, 2.05) is 11.8 Å². The number of halogens is 1. The Balaban J connectivity index is 0.00000242. The second kappa shape index (κ2) is 7.84. The molecule has 2 fully saturated rings. The van der Waals surface area contributed by atoms with Gasteiger partial charge >= 0.3 is 0 Å². The molecule has 0 unspecified atom stereocenters. The highest BCUT2D eigenvalue weighted by atomic mass is 127. The van der Waals surface area contributed by atoms with E-state index in [1.165, 1.54) is 19.3 Å². The van der Waals surface area contributed by atoms with Gasteiger partial charge in [0.25, 0.3) is 0 Å². The van der Waals surface area contributed by atoms with Crippen LogP contribution >= 0.6 is 24.0 Å². The number of nitrogens with one attached hydrogen (secondary N) is 1. The number of rotatable bonds is 3. The van der Waals surface area contributed by atoms with Gasteiger partial charge < -0.3 is 15.1 Å². The van der Waals surface area contributed by atoms with Crippen molar-refractivity contribution in [2.24, 2.45) is 4.99 Å². The number of amides is 1. The van der Waals surface area contributed by atoms with Crippen molar-refractivity contribution >= 4 is 35.8 Å². The van der Waals surface area contributed by atoms with Gasteiger partial charge in [-0.05, 0) is 53.9 Å². The first kappa shape index (κ1) is 19.5. The van der Waals surface area contributed by atoms with Crippen LogP contribution in [0.2, 0.25) is 0 Å². The summed E-state index contributed by atoms with van der Waals surface area (Å²) in [6.07, 6.45) is 3.72. The highest BCUT2D eigenvalue weighted by Gasteiger charge is 2.41. The van der Waals surface area contributed by atoms with Gasteiger partial charge in [-0.3, -0.25) is 9.79 Å². The standard InChI is InChI=1S/C16H30N4O.HI/c1-6-17-15(18-13-8-7-9-13)19-10-14(21)20(12(2)3)16(4,5)11-19;/h12-13H,6-11H2,1-5H3,(H,17,18);1H. The number of carbonyl (C=O) groups excluding carboxylic acids is 1. The molecule has 1 N–H and O–H groups in total. The number of hydrogen-bond donors (Lipinski definition) is 1. The number of aliphatic imine (C=N–C) groups is 1. The molecular formula is C16H31IN4O. The molecule has 0 bridgehead atoms. The van der Waals surface area contributed by atoms with Crippen molar-refractivity contribution in [3.05, 3.63) is 0 Å². The SMILES string of the molecule is CCN=C(NC1CCC1)N1CC(=O)N(C(C)C)C(C)(C)C1.I. The molecule has 0 atom stereocenters. The Morgan fingerprint density at radius 1 is 1.41 bits per heavy atom. The van der Waals surface area contributed by atoms with Gasteiger partial charge in [-0.25, -0.2) is 0 Å². The van der Waals surface area contributed by atoms with Crippen LogP contribution in [0.4, 0.5) is 0 Å². The molecule has 1 amide bonds. The molecule has 2 aliphatic rings. The second-order valence-corrected chi connectivity index (χ2v) is 7.10. The fourth-order valence-electron chi connectivity index (χ4n) is 3.43. The molecule has 0 aromatic heterocycles. The van der Waals surface area contributed by atoms with Crippen molar-refractivity contribution in [2.75, 3.05) is 19.6 Å². The lowest BCUT2D eigenvalue weighted by atomic mass is 9.93. The highest BCUT2D eigenvalue weighted by Crippen LogP contribution is 2.25. The topological polar surface area (TPSA) is 47.9 Å². The molecule has 0 radical (unpaired) electrons. The van der Waals surface area contributed by atoms with Gasteiger partial charge in [0.15, 0.2) is 5.96 Å². The predicted molar refractivity (Wildman–Crippen MR) is 102 cm³/mol. The predicted octanol–water partition coefficient (Wildman–Crippen LogP) is 2.45. The third kappa shape index (κ3) is 4.26. The van der Waals surface area contributed by atoms with Gasteiger partial charge in [-0.15, -0.1) is 24.0 Å². The molecule has 5 nitrogen and oxygen atoms in total. The Kier molecular flexibility index (Phi) is 6.95. The molecule has 1 saturated heterocycles.